The highest BCUT2D eigenvalue weighted by molar-refractivity contribution is 6.12. The van der Waals surface area contributed by atoms with Crippen molar-refractivity contribution in [3.8, 4) is 23.0 Å². The lowest BCUT2D eigenvalue weighted by Crippen LogP contribution is -1.94. The van der Waals surface area contributed by atoms with Gasteiger partial charge in [-0.05, 0) is 12.1 Å². The summed E-state index contributed by atoms with van der Waals surface area (Å²) in [5.41, 5.74) is 1.82. The van der Waals surface area contributed by atoms with E-state index in [-0.39, 0.29) is 6.79 Å². The van der Waals surface area contributed by atoms with Crippen molar-refractivity contribution < 1.29 is 18.9 Å². The van der Waals surface area contributed by atoms with E-state index in [0.717, 1.165) is 27.6 Å². The van der Waals surface area contributed by atoms with Crippen molar-refractivity contribution in [3.63, 3.8) is 0 Å². The standard InChI is InChI=1S/C15H13NO4/c1-17-10-5-3-4-8-9-6-11-14(20-7-19-11)15(18-2)13(9)16-12(8)10/h3-6,16H,7H2,1-2H3. The molecule has 0 amide bonds. The van der Waals surface area contributed by atoms with E-state index in [1.165, 1.54) is 0 Å². The third-order valence-corrected chi connectivity index (χ3v) is 3.61. The first kappa shape index (κ1) is 11.3. The van der Waals surface area contributed by atoms with Crippen LogP contribution in [-0.2, 0) is 0 Å². The van der Waals surface area contributed by atoms with Crippen LogP contribution < -0.4 is 18.9 Å². The van der Waals surface area contributed by atoms with Gasteiger partial charge in [0.15, 0.2) is 11.5 Å². The predicted octanol–water partition coefficient (Wildman–Crippen LogP) is 3.07. The summed E-state index contributed by atoms with van der Waals surface area (Å²) in [6, 6.07) is 7.90. The Morgan fingerprint density at radius 3 is 2.75 bits per heavy atom. The third kappa shape index (κ3) is 1.32. The molecule has 2 aromatic carbocycles. The van der Waals surface area contributed by atoms with Crippen LogP contribution >= 0.6 is 0 Å². The van der Waals surface area contributed by atoms with Crippen molar-refractivity contribution in [3.05, 3.63) is 24.3 Å². The van der Waals surface area contributed by atoms with E-state index in [2.05, 4.69) is 4.98 Å². The lowest BCUT2D eigenvalue weighted by molar-refractivity contribution is 0.171. The quantitative estimate of drug-likeness (QED) is 0.778. The van der Waals surface area contributed by atoms with Gasteiger partial charge in [0.1, 0.15) is 5.75 Å². The van der Waals surface area contributed by atoms with Crippen LogP contribution in [0.2, 0.25) is 0 Å². The smallest absolute Gasteiger partial charge is 0.231 e. The number of aromatic nitrogens is 1. The second-order valence-corrected chi connectivity index (χ2v) is 4.57. The molecule has 0 radical (unpaired) electrons. The molecule has 5 heteroatoms. The Hall–Kier alpha value is -2.56. The molecular formula is C15H13NO4. The van der Waals surface area contributed by atoms with Gasteiger partial charge in [-0.1, -0.05) is 12.1 Å². The molecule has 102 valence electrons. The zero-order chi connectivity index (χ0) is 13.7. The Kier molecular flexibility index (Phi) is 2.24. The van der Waals surface area contributed by atoms with E-state index >= 15 is 0 Å². The summed E-state index contributed by atoms with van der Waals surface area (Å²) in [5, 5.41) is 2.09. The normalized spacial score (nSPS) is 13.1. The maximum atomic E-state index is 5.50. The van der Waals surface area contributed by atoms with Crippen molar-refractivity contribution >= 4 is 21.8 Å². The van der Waals surface area contributed by atoms with Gasteiger partial charge in [0.05, 0.1) is 25.3 Å². The molecule has 0 spiro atoms. The number of nitrogens with one attached hydrogen (secondary N) is 1. The molecule has 0 fully saturated rings. The minimum Gasteiger partial charge on any atom is -0.495 e. The predicted molar refractivity (Wildman–Crippen MR) is 75.0 cm³/mol. The Balaban J connectivity index is 2.17. The summed E-state index contributed by atoms with van der Waals surface area (Å²) in [6.45, 7) is 0.222. The molecule has 0 aliphatic carbocycles. The van der Waals surface area contributed by atoms with Crippen LogP contribution in [0, 0.1) is 0 Å². The van der Waals surface area contributed by atoms with Gasteiger partial charge >= 0.3 is 0 Å². The number of ether oxygens (including phenoxy) is 4. The summed E-state index contributed by atoms with van der Waals surface area (Å²) in [7, 11) is 3.28. The van der Waals surface area contributed by atoms with Gasteiger partial charge in [-0.3, -0.25) is 0 Å². The van der Waals surface area contributed by atoms with Gasteiger partial charge < -0.3 is 23.9 Å². The molecule has 4 rings (SSSR count). The summed E-state index contributed by atoms with van der Waals surface area (Å²) in [4.78, 5) is 3.36. The van der Waals surface area contributed by atoms with Crippen LogP contribution in [0.4, 0.5) is 0 Å². The highest BCUT2D eigenvalue weighted by Crippen LogP contribution is 2.48. The number of benzene rings is 2. The van der Waals surface area contributed by atoms with E-state index < -0.39 is 0 Å². The SMILES string of the molecule is COc1cccc2c1[nH]c1c(OC)c3c(cc12)OCO3. The van der Waals surface area contributed by atoms with Crippen LogP contribution in [0.25, 0.3) is 21.8 Å². The Morgan fingerprint density at radius 2 is 1.95 bits per heavy atom. The van der Waals surface area contributed by atoms with Gasteiger partial charge in [-0.25, -0.2) is 0 Å². The van der Waals surface area contributed by atoms with Crippen LogP contribution in [0.1, 0.15) is 0 Å². The summed E-state index contributed by atoms with van der Waals surface area (Å²) >= 11 is 0. The van der Waals surface area contributed by atoms with Gasteiger partial charge in [0, 0.05) is 10.8 Å². The second-order valence-electron chi connectivity index (χ2n) is 4.57. The fourth-order valence-electron chi connectivity index (χ4n) is 2.72. The molecule has 0 atom stereocenters. The number of fused-ring (bicyclic) bond motifs is 4. The summed E-state index contributed by atoms with van der Waals surface area (Å²) < 4.78 is 21.9. The molecule has 1 aliphatic heterocycles. The van der Waals surface area contributed by atoms with Crippen LogP contribution in [0.5, 0.6) is 23.0 Å². The average molecular weight is 271 g/mol. The largest absolute Gasteiger partial charge is 0.495 e. The topological polar surface area (TPSA) is 52.7 Å². The molecule has 1 aromatic heterocycles. The molecule has 2 heterocycles. The van der Waals surface area contributed by atoms with E-state index in [4.69, 9.17) is 18.9 Å². The highest BCUT2D eigenvalue weighted by Gasteiger charge is 2.24. The molecule has 0 saturated carbocycles. The first-order valence-corrected chi connectivity index (χ1v) is 6.28. The van der Waals surface area contributed by atoms with Crippen molar-refractivity contribution in [2.24, 2.45) is 0 Å². The van der Waals surface area contributed by atoms with Gasteiger partial charge in [0.25, 0.3) is 0 Å². The lowest BCUT2D eigenvalue weighted by atomic mass is 10.1. The molecule has 0 saturated heterocycles. The molecule has 3 aromatic rings. The Bertz CT molecular complexity index is 822. The van der Waals surface area contributed by atoms with E-state index in [9.17, 15) is 0 Å². The number of hydrogen-bond donors (Lipinski definition) is 1. The zero-order valence-electron chi connectivity index (χ0n) is 11.1. The molecule has 1 aliphatic rings. The zero-order valence-corrected chi connectivity index (χ0v) is 11.1. The van der Waals surface area contributed by atoms with Crippen molar-refractivity contribution in [2.45, 2.75) is 0 Å². The first-order chi connectivity index (χ1) is 9.83. The van der Waals surface area contributed by atoms with Crippen LogP contribution in [0.3, 0.4) is 0 Å². The van der Waals surface area contributed by atoms with Crippen LogP contribution in [0.15, 0.2) is 24.3 Å². The molecule has 20 heavy (non-hydrogen) atoms. The average Bonchev–Trinajstić information content (AvgIpc) is 3.08. The molecule has 5 nitrogen and oxygen atoms in total. The molecule has 0 unspecified atom stereocenters. The maximum absolute atomic E-state index is 5.50. The van der Waals surface area contributed by atoms with Gasteiger partial charge in [-0.15, -0.1) is 0 Å². The van der Waals surface area contributed by atoms with Crippen molar-refractivity contribution in [1.29, 1.82) is 0 Å². The summed E-state index contributed by atoms with van der Waals surface area (Å²) in [5.74, 6) is 2.81. The van der Waals surface area contributed by atoms with E-state index in [1.807, 2.05) is 24.3 Å². The number of rotatable bonds is 2. The monoisotopic (exact) mass is 271 g/mol. The maximum Gasteiger partial charge on any atom is 0.231 e. The molecule has 0 bridgehead atoms. The minimum absolute atomic E-state index is 0.222. The number of aromatic amines is 1. The fraction of sp³-hybridized carbons (Fsp3) is 0.200. The third-order valence-electron chi connectivity index (χ3n) is 3.61. The second kappa shape index (κ2) is 3.96. The van der Waals surface area contributed by atoms with Crippen molar-refractivity contribution in [2.75, 3.05) is 21.0 Å². The highest BCUT2D eigenvalue weighted by atomic mass is 16.7. The Morgan fingerprint density at radius 1 is 1.05 bits per heavy atom. The number of H-pyrrole nitrogens is 1. The van der Waals surface area contributed by atoms with E-state index in [1.54, 1.807) is 14.2 Å². The first-order valence-electron chi connectivity index (χ1n) is 6.28. The van der Waals surface area contributed by atoms with Crippen LogP contribution in [-0.4, -0.2) is 26.0 Å². The molecule has 1 N–H and O–H groups in total. The number of methoxy groups -OCH3 is 2. The van der Waals surface area contributed by atoms with E-state index in [0.29, 0.717) is 17.2 Å². The number of hydrogen-bond acceptors (Lipinski definition) is 4. The van der Waals surface area contributed by atoms with Gasteiger partial charge in [-0.2, -0.15) is 0 Å². The fourth-order valence-corrected chi connectivity index (χ4v) is 2.72. The summed E-state index contributed by atoms with van der Waals surface area (Å²) in [6.07, 6.45) is 0. The number of para-hydroxylation sites is 1. The molecular weight excluding hydrogens is 258 g/mol. The minimum atomic E-state index is 0.222. The lowest BCUT2D eigenvalue weighted by Gasteiger charge is -2.05. The Labute approximate surface area is 115 Å². The van der Waals surface area contributed by atoms with Crippen molar-refractivity contribution in [1.82, 2.24) is 4.98 Å². The van der Waals surface area contributed by atoms with Gasteiger partial charge in [0.2, 0.25) is 12.5 Å².